The first-order valence-corrected chi connectivity index (χ1v) is 10.4. The normalized spacial score (nSPS) is 47.7. The van der Waals surface area contributed by atoms with Crippen LogP contribution in [-0.2, 0) is 9.59 Å². The Morgan fingerprint density at radius 1 is 1.35 bits per heavy atom. The molecule has 7 unspecified atom stereocenters. The highest BCUT2D eigenvalue weighted by Gasteiger charge is 2.63. The Morgan fingerprint density at radius 2 is 2.08 bits per heavy atom. The van der Waals surface area contributed by atoms with Gasteiger partial charge in [0.2, 0.25) is 5.91 Å². The summed E-state index contributed by atoms with van der Waals surface area (Å²) in [6, 6.07) is 0. The summed E-state index contributed by atoms with van der Waals surface area (Å²) in [5.74, 6) is 1.75. The zero-order valence-corrected chi connectivity index (χ0v) is 16.6. The molecule has 144 valence electrons. The van der Waals surface area contributed by atoms with Crippen molar-refractivity contribution in [3.05, 3.63) is 11.8 Å². The fourth-order valence-electron chi connectivity index (χ4n) is 7.60. The van der Waals surface area contributed by atoms with Gasteiger partial charge in [-0.2, -0.15) is 0 Å². The molecule has 1 saturated heterocycles. The molecule has 3 aliphatic carbocycles. The maximum atomic E-state index is 12.4. The molecule has 2 saturated carbocycles. The van der Waals surface area contributed by atoms with Crippen molar-refractivity contribution in [2.45, 2.75) is 72.3 Å². The third kappa shape index (κ3) is 2.23. The second kappa shape index (κ2) is 5.92. The highest BCUT2D eigenvalue weighted by atomic mass is 16.3. The lowest BCUT2D eigenvalue weighted by atomic mass is 9.48. The Hall–Kier alpha value is -1.16. The molecule has 0 aromatic rings. The standard InChI is InChI=1S/C22H33NO3/c1-5-23-18-9-6-14-16-8-7-15(13(2)24)22(16,4)12-17(25)20(14)21(18,3)11-10-19(23)26/h9,14-17,20,25H,5-8,10-12H2,1-4H3. The first-order valence-electron chi connectivity index (χ1n) is 10.4. The summed E-state index contributed by atoms with van der Waals surface area (Å²) in [6.45, 7) is 9.00. The summed E-state index contributed by atoms with van der Waals surface area (Å²) in [5, 5.41) is 11.3. The largest absolute Gasteiger partial charge is 0.393 e. The number of hydrogen-bond donors (Lipinski definition) is 1. The molecule has 1 N–H and O–H groups in total. The summed E-state index contributed by atoms with van der Waals surface area (Å²) in [7, 11) is 0. The SMILES string of the molecule is CCN1C(=O)CCC2(C)C1=CCC1C2C(O)CC2(C)C(C(C)=O)CCC12. The summed E-state index contributed by atoms with van der Waals surface area (Å²) >= 11 is 0. The van der Waals surface area contributed by atoms with E-state index < -0.39 is 0 Å². The van der Waals surface area contributed by atoms with Crippen LogP contribution >= 0.6 is 0 Å². The van der Waals surface area contributed by atoms with E-state index in [1.807, 2.05) is 11.8 Å². The van der Waals surface area contributed by atoms with Crippen molar-refractivity contribution in [2.75, 3.05) is 6.54 Å². The van der Waals surface area contributed by atoms with Crippen molar-refractivity contribution in [2.24, 2.45) is 34.5 Å². The first-order chi connectivity index (χ1) is 12.2. The minimum absolute atomic E-state index is 0.0664. The number of Topliss-reactive ketones (excluding diaryl/α,β-unsaturated/α-hetero) is 1. The molecule has 1 amide bonds. The molecule has 0 spiro atoms. The van der Waals surface area contributed by atoms with Gasteiger partial charge in [-0.05, 0) is 69.1 Å². The molecule has 0 aromatic carbocycles. The number of carbonyl (C=O) groups excluding carboxylic acids is 2. The number of carbonyl (C=O) groups is 2. The van der Waals surface area contributed by atoms with Gasteiger partial charge in [-0.25, -0.2) is 0 Å². The molecule has 4 heteroatoms. The van der Waals surface area contributed by atoms with E-state index in [-0.39, 0.29) is 34.7 Å². The van der Waals surface area contributed by atoms with E-state index in [4.69, 9.17) is 0 Å². The lowest BCUT2D eigenvalue weighted by Crippen LogP contribution is -2.59. The number of piperidine rings is 1. The fraction of sp³-hybridized carbons (Fsp3) is 0.818. The van der Waals surface area contributed by atoms with Crippen LogP contribution < -0.4 is 0 Å². The van der Waals surface area contributed by atoms with E-state index in [1.54, 1.807) is 6.92 Å². The first kappa shape index (κ1) is 18.2. The van der Waals surface area contributed by atoms with Gasteiger partial charge >= 0.3 is 0 Å². The van der Waals surface area contributed by atoms with Gasteiger partial charge in [0, 0.05) is 30.0 Å². The van der Waals surface area contributed by atoms with Gasteiger partial charge in [0.05, 0.1) is 6.10 Å². The molecule has 0 bridgehead atoms. The van der Waals surface area contributed by atoms with Gasteiger partial charge in [-0.3, -0.25) is 9.59 Å². The Bertz CT molecular complexity index is 670. The van der Waals surface area contributed by atoms with Crippen molar-refractivity contribution < 1.29 is 14.7 Å². The molecule has 0 aromatic heterocycles. The van der Waals surface area contributed by atoms with E-state index in [0.29, 0.717) is 30.6 Å². The average molecular weight is 360 g/mol. The van der Waals surface area contributed by atoms with Crippen LogP contribution in [0.3, 0.4) is 0 Å². The predicted octanol–water partition coefficient (Wildman–Crippen LogP) is 3.54. The molecule has 7 atom stereocenters. The van der Waals surface area contributed by atoms with Crippen LogP contribution in [0.2, 0.25) is 0 Å². The van der Waals surface area contributed by atoms with Crippen molar-refractivity contribution in [1.29, 1.82) is 0 Å². The number of amides is 1. The highest BCUT2D eigenvalue weighted by Crippen LogP contribution is 2.66. The minimum Gasteiger partial charge on any atom is -0.393 e. The lowest BCUT2D eigenvalue weighted by molar-refractivity contribution is -0.151. The van der Waals surface area contributed by atoms with Crippen LogP contribution in [0.1, 0.15) is 66.2 Å². The summed E-state index contributed by atoms with van der Waals surface area (Å²) in [4.78, 5) is 26.6. The third-order valence-electron chi connectivity index (χ3n) is 8.61. The number of aliphatic hydroxyl groups is 1. The smallest absolute Gasteiger partial charge is 0.226 e. The maximum Gasteiger partial charge on any atom is 0.226 e. The van der Waals surface area contributed by atoms with Gasteiger partial charge in [0.1, 0.15) is 5.78 Å². The van der Waals surface area contributed by atoms with Crippen molar-refractivity contribution in [3.63, 3.8) is 0 Å². The summed E-state index contributed by atoms with van der Waals surface area (Å²) in [5.41, 5.74) is 0.964. The molecule has 26 heavy (non-hydrogen) atoms. The number of rotatable bonds is 2. The Morgan fingerprint density at radius 3 is 2.73 bits per heavy atom. The topological polar surface area (TPSA) is 57.6 Å². The summed E-state index contributed by atoms with van der Waals surface area (Å²) < 4.78 is 0. The number of fused-ring (bicyclic) bond motifs is 5. The Kier molecular flexibility index (Phi) is 4.15. The number of allylic oxidation sites excluding steroid dienone is 2. The van der Waals surface area contributed by atoms with Crippen LogP contribution in [0.25, 0.3) is 0 Å². The van der Waals surface area contributed by atoms with Gasteiger partial charge in [0.25, 0.3) is 0 Å². The van der Waals surface area contributed by atoms with Crippen LogP contribution in [-0.4, -0.2) is 34.3 Å². The number of ketones is 1. The summed E-state index contributed by atoms with van der Waals surface area (Å²) in [6.07, 6.45) is 7.06. The van der Waals surface area contributed by atoms with Gasteiger partial charge in [-0.1, -0.05) is 19.9 Å². The minimum atomic E-state index is -0.387. The number of nitrogens with zero attached hydrogens (tertiary/aromatic N) is 1. The maximum absolute atomic E-state index is 12.4. The second-order valence-corrected chi connectivity index (χ2v) is 9.69. The van der Waals surface area contributed by atoms with Crippen molar-refractivity contribution in [1.82, 2.24) is 4.90 Å². The van der Waals surface area contributed by atoms with E-state index in [2.05, 4.69) is 19.9 Å². The average Bonchev–Trinajstić information content (AvgIpc) is 2.91. The molecule has 4 nitrogen and oxygen atoms in total. The molecule has 4 aliphatic rings. The highest BCUT2D eigenvalue weighted by molar-refractivity contribution is 5.80. The van der Waals surface area contributed by atoms with Crippen molar-refractivity contribution >= 4 is 11.7 Å². The number of hydrogen-bond acceptors (Lipinski definition) is 3. The molecule has 3 fully saturated rings. The van der Waals surface area contributed by atoms with Gasteiger partial charge in [-0.15, -0.1) is 0 Å². The van der Waals surface area contributed by atoms with Gasteiger partial charge < -0.3 is 10.0 Å². The second-order valence-electron chi connectivity index (χ2n) is 9.69. The number of aliphatic hydroxyl groups excluding tert-OH is 1. The Balaban J connectivity index is 1.74. The fourth-order valence-corrected chi connectivity index (χ4v) is 7.60. The van der Waals surface area contributed by atoms with Crippen LogP contribution in [0.15, 0.2) is 11.8 Å². The molecule has 1 heterocycles. The van der Waals surface area contributed by atoms with Crippen LogP contribution in [0, 0.1) is 34.5 Å². The molecule has 4 rings (SSSR count). The molecule has 0 radical (unpaired) electrons. The van der Waals surface area contributed by atoms with E-state index in [1.165, 1.54) is 0 Å². The van der Waals surface area contributed by atoms with Crippen molar-refractivity contribution in [3.8, 4) is 0 Å². The molecular formula is C22H33NO3. The quantitative estimate of drug-likeness (QED) is 0.820. The lowest BCUT2D eigenvalue weighted by Gasteiger charge is -2.60. The molecule has 1 aliphatic heterocycles. The zero-order valence-electron chi connectivity index (χ0n) is 16.6. The Labute approximate surface area is 157 Å². The van der Waals surface area contributed by atoms with Gasteiger partial charge in [0.15, 0.2) is 0 Å². The van der Waals surface area contributed by atoms with E-state index >= 15 is 0 Å². The van der Waals surface area contributed by atoms with Crippen LogP contribution in [0.5, 0.6) is 0 Å². The monoisotopic (exact) mass is 359 g/mol. The van der Waals surface area contributed by atoms with Crippen LogP contribution in [0.4, 0.5) is 0 Å². The molecular weight excluding hydrogens is 326 g/mol. The van der Waals surface area contributed by atoms with E-state index in [9.17, 15) is 14.7 Å². The van der Waals surface area contributed by atoms with E-state index in [0.717, 1.165) is 37.8 Å². The predicted molar refractivity (Wildman–Crippen MR) is 100 cm³/mol. The zero-order chi connectivity index (χ0) is 18.9. The number of likely N-dealkylation sites (tertiary alicyclic amines) is 1. The third-order valence-corrected chi connectivity index (χ3v) is 8.61.